The highest BCUT2D eigenvalue weighted by Crippen LogP contribution is 2.40. The Bertz CT molecular complexity index is 5750. The van der Waals surface area contributed by atoms with Crippen LogP contribution in [0.25, 0.3) is 119 Å². The van der Waals surface area contributed by atoms with Crippen molar-refractivity contribution < 1.29 is 17.7 Å². The molecule has 4 nitrogen and oxygen atoms in total. The number of hydrogen-bond acceptors (Lipinski definition) is 7. The molecule has 7 aromatic heterocycles. The highest BCUT2D eigenvalue weighted by Gasteiger charge is 2.15. The van der Waals surface area contributed by atoms with Crippen molar-refractivity contribution in [2.24, 2.45) is 0 Å². The zero-order valence-electron chi connectivity index (χ0n) is 61.3. The van der Waals surface area contributed by atoms with Crippen molar-refractivity contribution in [3.05, 3.63) is 346 Å². The van der Waals surface area contributed by atoms with E-state index >= 15 is 0 Å². The van der Waals surface area contributed by atoms with Gasteiger partial charge in [0.05, 0.1) is 25.1 Å². The molecule has 0 radical (unpaired) electrons. The minimum absolute atomic E-state index is 0.564. The van der Waals surface area contributed by atoms with Crippen LogP contribution in [0.2, 0.25) is 0 Å². The van der Waals surface area contributed by atoms with Crippen molar-refractivity contribution in [3.63, 3.8) is 0 Å². The van der Waals surface area contributed by atoms with Crippen LogP contribution in [0.15, 0.2) is 308 Å². The van der Waals surface area contributed by atoms with Gasteiger partial charge in [-0.2, -0.15) is 0 Å². The average molecular weight is 1400 g/mol. The van der Waals surface area contributed by atoms with E-state index in [0.717, 1.165) is 27.7 Å². The van der Waals surface area contributed by atoms with Crippen LogP contribution in [0.4, 0.5) is 0 Å². The third-order valence-corrected chi connectivity index (χ3v) is 22.2. The number of fused-ring (bicyclic) bond motifs is 7. The molecule has 0 fully saturated rings. The summed E-state index contributed by atoms with van der Waals surface area (Å²) in [6.07, 6.45) is 6.96. The van der Waals surface area contributed by atoms with Gasteiger partial charge in [-0.1, -0.05) is 230 Å². The molecule has 0 aliphatic rings. The summed E-state index contributed by atoms with van der Waals surface area (Å²) in [6.45, 7) is 28.5. The molecule has 0 bridgehead atoms. The maximum Gasteiger partial charge on any atom is 0.137 e. The van der Waals surface area contributed by atoms with Crippen LogP contribution in [0.3, 0.4) is 0 Å². The molecule has 0 N–H and O–H groups in total. The van der Waals surface area contributed by atoms with Gasteiger partial charge in [0.15, 0.2) is 0 Å². The molecule has 0 amide bonds. The Hall–Kier alpha value is -10.5. The molecule has 0 saturated heterocycles. The van der Waals surface area contributed by atoms with Gasteiger partial charge < -0.3 is 17.7 Å². The number of hydrogen-bond donors (Lipinski definition) is 0. The highest BCUT2D eigenvalue weighted by molar-refractivity contribution is 7.18. The van der Waals surface area contributed by atoms with Crippen molar-refractivity contribution in [2.75, 3.05) is 0 Å². The van der Waals surface area contributed by atoms with Crippen molar-refractivity contribution in [2.45, 2.75) is 108 Å². The fourth-order valence-corrected chi connectivity index (χ4v) is 16.3. The van der Waals surface area contributed by atoms with Gasteiger partial charge in [-0.15, -0.1) is 34.0 Å². The van der Waals surface area contributed by atoms with Crippen molar-refractivity contribution in [3.8, 4) is 44.5 Å². The lowest BCUT2D eigenvalue weighted by Gasteiger charge is -2.14. The molecule has 0 saturated carbocycles. The Morgan fingerprint density at radius 3 is 1.38 bits per heavy atom. The molecule has 7 heteroatoms. The van der Waals surface area contributed by atoms with E-state index in [1.807, 2.05) is 102 Å². The molecule has 0 aliphatic carbocycles. The smallest absolute Gasteiger partial charge is 0.137 e. The van der Waals surface area contributed by atoms with Crippen molar-refractivity contribution >= 4 is 108 Å². The summed E-state index contributed by atoms with van der Waals surface area (Å²) < 4.78 is 26.0. The van der Waals surface area contributed by atoms with Crippen LogP contribution in [0.1, 0.15) is 115 Å². The molecular weight excluding hydrogens is 1310 g/mol. The van der Waals surface area contributed by atoms with Gasteiger partial charge in [-0.25, -0.2) is 0 Å². The predicted molar refractivity (Wildman–Crippen MR) is 448 cm³/mol. The molecule has 103 heavy (non-hydrogen) atoms. The van der Waals surface area contributed by atoms with E-state index < -0.39 is 0 Å². The largest absolute Gasteiger partial charge is 0.464 e. The normalized spacial score (nSPS) is 11.0. The molecule has 516 valence electrons. The summed E-state index contributed by atoms with van der Waals surface area (Å²) in [5.41, 5.74) is 27.5. The SMILES string of the molecule is Cc1c(-c2ccccc2)ccc2ccoc12.Cc1c(C(C)C)cc(-c2ccccc2)c2ccsc12.Cc1c(C(C)C)ccc2ccsc12.Cc1cc(-c2ccccc2)cc2ccoc12.Cc1cc(C(C)C)cc2ccsc12.Cc1ccc(-c2ccccc2)c2ccoc12.Cc1cccc2ccoc12. The maximum absolute atomic E-state index is 5.51. The zero-order chi connectivity index (χ0) is 72.1. The molecule has 0 aliphatic heterocycles. The summed E-state index contributed by atoms with van der Waals surface area (Å²) in [4.78, 5) is 0. The van der Waals surface area contributed by atoms with E-state index in [-0.39, 0.29) is 0 Å². The Morgan fingerprint density at radius 1 is 0.252 bits per heavy atom. The molecule has 11 aromatic carbocycles. The molecular formula is C96H90O4S3. The summed E-state index contributed by atoms with van der Waals surface area (Å²) in [7, 11) is 0. The average Bonchev–Trinajstić information content (AvgIpc) is 1.77. The first-order chi connectivity index (χ1) is 50.0. The lowest BCUT2D eigenvalue weighted by molar-refractivity contribution is 0.613. The standard InChI is InChI=1S/C18H18S.3C15H12O.2C12H14S.C9H8O/c1-12(2)16-11-17(14-7-5-4-6-8-14)15-9-10-19-18(15)13(16)3;1-11-9-14(12-5-3-2-4-6-12)10-13-7-8-16-15(11)13;1-11-14(12-5-3-2-4-6-12)8-7-13-9-10-16-15(11)13;1-11-7-8-13(12-5-3-2-4-6-12)14-9-10-16-15(11)14;1-8(2)11-6-9(3)12-10(7-11)4-5-13-12;1-8(2)11-5-4-10-6-7-13-12(10)9(11)3;1-7-3-2-4-8-5-6-10-9(7)8/h4-12H,1-3H3;3*2-10H,1H3;2*4-8H,1-3H3;2-6H,1H3. The molecule has 0 unspecified atom stereocenters. The highest BCUT2D eigenvalue weighted by atomic mass is 32.1. The number of benzene rings is 11. The van der Waals surface area contributed by atoms with Gasteiger partial charge >= 0.3 is 0 Å². The van der Waals surface area contributed by atoms with Crippen molar-refractivity contribution in [1.82, 2.24) is 0 Å². The van der Waals surface area contributed by atoms with E-state index in [0.29, 0.717) is 17.8 Å². The summed E-state index contributed by atoms with van der Waals surface area (Å²) >= 11 is 5.53. The van der Waals surface area contributed by atoms with Gasteiger partial charge in [-0.05, 0) is 248 Å². The van der Waals surface area contributed by atoms with E-state index in [1.165, 1.54) is 147 Å². The second-order valence-corrected chi connectivity index (χ2v) is 30.0. The second-order valence-electron chi connectivity index (χ2n) is 27.2. The number of aryl methyl sites for hydroxylation is 7. The van der Waals surface area contributed by atoms with E-state index in [1.54, 1.807) is 25.1 Å². The maximum atomic E-state index is 5.51. The Morgan fingerprint density at radius 2 is 0.748 bits per heavy atom. The first-order valence-corrected chi connectivity index (χ1v) is 38.2. The van der Waals surface area contributed by atoms with E-state index in [2.05, 4.69) is 287 Å². The van der Waals surface area contributed by atoms with Gasteiger partial charge in [-0.3, -0.25) is 0 Å². The Labute approximate surface area is 619 Å². The topological polar surface area (TPSA) is 52.6 Å². The number of furan rings is 4. The summed E-state index contributed by atoms with van der Waals surface area (Å²) in [5.74, 6) is 1.82. The third kappa shape index (κ3) is 16.8. The second kappa shape index (κ2) is 33.5. The van der Waals surface area contributed by atoms with Crippen LogP contribution in [0.5, 0.6) is 0 Å². The fraction of sp³-hybridized carbons (Fsp3) is 0.167. The van der Waals surface area contributed by atoms with E-state index in [9.17, 15) is 0 Å². The number of rotatable bonds is 7. The molecule has 0 spiro atoms. The zero-order valence-corrected chi connectivity index (χ0v) is 63.8. The van der Waals surface area contributed by atoms with Gasteiger partial charge in [0.25, 0.3) is 0 Å². The molecule has 7 heterocycles. The third-order valence-electron chi connectivity index (χ3n) is 19.1. The van der Waals surface area contributed by atoms with Crippen LogP contribution in [-0.4, -0.2) is 0 Å². The van der Waals surface area contributed by atoms with Gasteiger partial charge in [0.1, 0.15) is 22.3 Å². The minimum Gasteiger partial charge on any atom is -0.464 e. The van der Waals surface area contributed by atoms with Crippen LogP contribution in [0, 0.1) is 48.5 Å². The molecule has 18 aromatic rings. The summed E-state index contributed by atoms with van der Waals surface area (Å²) in [6, 6.07) is 87.0. The monoisotopic (exact) mass is 1400 g/mol. The van der Waals surface area contributed by atoms with Gasteiger partial charge in [0, 0.05) is 46.6 Å². The van der Waals surface area contributed by atoms with E-state index in [4.69, 9.17) is 17.7 Å². The summed E-state index contributed by atoms with van der Waals surface area (Å²) in [5, 5.41) is 15.4. The Balaban J connectivity index is 0.000000114. The van der Waals surface area contributed by atoms with Crippen molar-refractivity contribution in [1.29, 1.82) is 0 Å². The van der Waals surface area contributed by atoms with Crippen LogP contribution >= 0.6 is 34.0 Å². The number of thiophene rings is 3. The van der Waals surface area contributed by atoms with Gasteiger partial charge in [0.2, 0.25) is 0 Å². The number of para-hydroxylation sites is 1. The predicted octanol–water partition coefficient (Wildman–Crippen LogP) is 30.6. The first kappa shape index (κ1) is 72.3. The minimum atomic E-state index is 0.564. The molecule has 18 rings (SSSR count). The lowest BCUT2D eigenvalue weighted by atomic mass is 9.91. The quantitative estimate of drug-likeness (QED) is 0.160. The van der Waals surface area contributed by atoms with Crippen LogP contribution < -0.4 is 0 Å². The first-order valence-electron chi connectivity index (χ1n) is 35.5. The lowest BCUT2D eigenvalue weighted by Crippen LogP contribution is -1.94. The molecule has 0 atom stereocenters. The van der Waals surface area contributed by atoms with Crippen LogP contribution in [-0.2, 0) is 0 Å². The fourth-order valence-electron chi connectivity index (χ4n) is 13.6. The Kier molecular flexibility index (Phi) is 23.5.